The molecule has 2 rings (SSSR count). The Bertz CT molecular complexity index is 786. The molecule has 0 unspecified atom stereocenters. The minimum absolute atomic E-state index is 0.00253. The molecule has 1 atom stereocenters. The van der Waals surface area contributed by atoms with Gasteiger partial charge in [0.1, 0.15) is 6.04 Å². The summed E-state index contributed by atoms with van der Waals surface area (Å²) in [6.45, 7) is 9.01. The van der Waals surface area contributed by atoms with Gasteiger partial charge in [0.15, 0.2) is 0 Å². The zero-order valence-corrected chi connectivity index (χ0v) is 17.5. The second-order valence-corrected chi connectivity index (χ2v) is 7.25. The van der Waals surface area contributed by atoms with Gasteiger partial charge in [-0.3, -0.25) is 9.59 Å². The number of likely N-dealkylation sites (N-methyl/N-ethyl adjacent to an activating group) is 1. The smallest absolute Gasteiger partial charge is 0.242 e. The molecule has 0 radical (unpaired) electrons. The first kappa shape index (κ1) is 21.7. The first-order valence-electron chi connectivity index (χ1n) is 10.1. The third-order valence-electron chi connectivity index (χ3n) is 5.07. The lowest BCUT2D eigenvalue weighted by Crippen LogP contribution is -2.50. The van der Waals surface area contributed by atoms with Crippen LogP contribution in [-0.4, -0.2) is 35.8 Å². The van der Waals surface area contributed by atoms with Crippen molar-refractivity contribution in [1.82, 2.24) is 10.2 Å². The molecule has 0 fully saturated rings. The Morgan fingerprint density at radius 1 is 1.04 bits per heavy atom. The van der Waals surface area contributed by atoms with Crippen molar-refractivity contribution in [2.45, 2.75) is 53.0 Å². The van der Waals surface area contributed by atoms with Gasteiger partial charge in [-0.15, -0.1) is 0 Å². The Labute approximate surface area is 169 Å². The molecule has 0 saturated carbocycles. The van der Waals surface area contributed by atoms with E-state index >= 15 is 0 Å². The van der Waals surface area contributed by atoms with E-state index in [0.29, 0.717) is 25.9 Å². The van der Waals surface area contributed by atoms with E-state index in [1.165, 1.54) is 0 Å². The molecular weight excluding hydrogens is 348 g/mol. The topological polar surface area (TPSA) is 49.4 Å². The van der Waals surface area contributed by atoms with Crippen LogP contribution in [-0.2, 0) is 22.4 Å². The zero-order valence-electron chi connectivity index (χ0n) is 17.5. The van der Waals surface area contributed by atoms with Crippen LogP contribution < -0.4 is 5.32 Å². The van der Waals surface area contributed by atoms with Crippen LogP contribution in [0, 0.1) is 13.8 Å². The second-order valence-electron chi connectivity index (χ2n) is 7.25. The number of amides is 2. The van der Waals surface area contributed by atoms with Crippen molar-refractivity contribution in [3.8, 4) is 0 Å². The molecule has 4 heteroatoms. The molecule has 0 aliphatic rings. The fraction of sp³-hybridized carbons (Fsp3) is 0.417. The lowest BCUT2D eigenvalue weighted by Gasteiger charge is -2.31. The second kappa shape index (κ2) is 10.6. The molecule has 0 bridgehead atoms. The summed E-state index contributed by atoms with van der Waals surface area (Å²) < 4.78 is 0. The number of hydrogen-bond donors (Lipinski definition) is 1. The molecule has 0 spiro atoms. The molecule has 0 aliphatic carbocycles. The Morgan fingerprint density at radius 3 is 2.39 bits per heavy atom. The number of carbonyl (C=O) groups is 2. The number of hydrogen-bond acceptors (Lipinski definition) is 2. The molecule has 2 aromatic carbocycles. The first-order chi connectivity index (χ1) is 13.5. The Kier molecular flexibility index (Phi) is 8.24. The van der Waals surface area contributed by atoms with Crippen LogP contribution >= 0.6 is 0 Å². The minimum atomic E-state index is -0.443. The van der Waals surface area contributed by atoms with Crippen molar-refractivity contribution in [1.29, 1.82) is 0 Å². The van der Waals surface area contributed by atoms with Gasteiger partial charge in [-0.2, -0.15) is 0 Å². The summed E-state index contributed by atoms with van der Waals surface area (Å²) in [5, 5.41) is 2.88. The molecule has 4 nitrogen and oxygen atoms in total. The van der Waals surface area contributed by atoms with Crippen molar-refractivity contribution in [3.05, 3.63) is 70.8 Å². The quantitative estimate of drug-likeness (QED) is 0.719. The summed E-state index contributed by atoms with van der Waals surface area (Å²) in [7, 11) is 0. The lowest BCUT2D eigenvalue weighted by molar-refractivity contribution is -0.140. The average molecular weight is 381 g/mol. The van der Waals surface area contributed by atoms with Gasteiger partial charge in [0.05, 0.1) is 6.42 Å². The zero-order chi connectivity index (χ0) is 20.5. The molecule has 0 saturated heterocycles. The van der Waals surface area contributed by atoms with Crippen LogP contribution in [0.4, 0.5) is 0 Å². The highest BCUT2D eigenvalue weighted by Gasteiger charge is 2.28. The van der Waals surface area contributed by atoms with Gasteiger partial charge in [0, 0.05) is 13.1 Å². The van der Waals surface area contributed by atoms with Gasteiger partial charge >= 0.3 is 0 Å². The predicted molar refractivity (Wildman–Crippen MR) is 114 cm³/mol. The molecule has 0 aliphatic heterocycles. The van der Waals surface area contributed by atoms with Gasteiger partial charge in [-0.05, 0) is 50.3 Å². The predicted octanol–water partition coefficient (Wildman–Crippen LogP) is 3.83. The highest BCUT2D eigenvalue weighted by Crippen LogP contribution is 2.16. The maximum atomic E-state index is 13.3. The van der Waals surface area contributed by atoms with E-state index in [-0.39, 0.29) is 11.8 Å². The number of aryl methyl sites for hydroxylation is 2. The lowest BCUT2D eigenvalue weighted by atomic mass is 10.0. The van der Waals surface area contributed by atoms with Gasteiger partial charge in [-0.1, -0.05) is 61.0 Å². The van der Waals surface area contributed by atoms with Gasteiger partial charge < -0.3 is 10.2 Å². The van der Waals surface area contributed by atoms with Gasteiger partial charge in [0.25, 0.3) is 0 Å². The molecule has 1 N–H and O–H groups in total. The van der Waals surface area contributed by atoms with Crippen LogP contribution in [0.1, 0.15) is 42.5 Å². The summed E-state index contributed by atoms with van der Waals surface area (Å²) in [4.78, 5) is 27.6. The maximum absolute atomic E-state index is 13.3. The van der Waals surface area contributed by atoms with Crippen molar-refractivity contribution < 1.29 is 9.59 Å². The standard InChI is InChI=1S/C24H32N2O2/c1-5-22(24(28)25-6-2)26(15-14-20-10-8-7-9-11-20)23(27)17-21-16-18(3)12-13-19(21)4/h7-13,16,22H,5-6,14-15,17H2,1-4H3,(H,25,28)/t22-/m1/s1. The Hall–Kier alpha value is -2.62. The van der Waals surface area contributed by atoms with Crippen molar-refractivity contribution in [2.24, 2.45) is 0 Å². The van der Waals surface area contributed by atoms with E-state index in [9.17, 15) is 9.59 Å². The average Bonchev–Trinajstić information content (AvgIpc) is 2.68. The summed E-state index contributed by atoms with van der Waals surface area (Å²) in [6.07, 6.45) is 1.65. The molecule has 28 heavy (non-hydrogen) atoms. The van der Waals surface area contributed by atoms with Crippen molar-refractivity contribution >= 4 is 11.8 Å². The summed E-state index contributed by atoms with van der Waals surface area (Å²) >= 11 is 0. The van der Waals surface area contributed by atoms with Crippen LogP contribution in [0.3, 0.4) is 0 Å². The van der Waals surface area contributed by atoms with Crippen LogP contribution in [0.25, 0.3) is 0 Å². The fourth-order valence-electron chi connectivity index (χ4n) is 3.44. The third-order valence-corrected chi connectivity index (χ3v) is 5.07. The van der Waals surface area contributed by atoms with Crippen molar-refractivity contribution in [2.75, 3.05) is 13.1 Å². The summed E-state index contributed by atoms with van der Waals surface area (Å²) in [5.74, 6) is -0.0740. The molecule has 2 amide bonds. The molecule has 150 valence electrons. The van der Waals surface area contributed by atoms with E-state index in [0.717, 1.165) is 28.7 Å². The van der Waals surface area contributed by atoms with E-state index in [4.69, 9.17) is 0 Å². The number of nitrogens with one attached hydrogen (secondary N) is 1. The maximum Gasteiger partial charge on any atom is 0.242 e. The van der Waals surface area contributed by atoms with Crippen LogP contribution in [0.2, 0.25) is 0 Å². The SMILES string of the molecule is CCNC(=O)[C@@H](CC)N(CCc1ccccc1)C(=O)Cc1cc(C)ccc1C. The first-order valence-corrected chi connectivity index (χ1v) is 10.1. The normalized spacial score (nSPS) is 11.7. The van der Waals surface area contributed by atoms with Gasteiger partial charge in [0.2, 0.25) is 11.8 Å². The number of rotatable bonds is 9. The molecule has 0 aromatic heterocycles. The minimum Gasteiger partial charge on any atom is -0.355 e. The monoisotopic (exact) mass is 380 g/mol. The number of carbonyl (C=O) groups excluding carboxylic acids is 2. The highest BCUT2D eigenvalue weighted by molar-refractivity contribution is 5.88. The number of benzene rings is 2. The largest absolute Gasteiger partial charge is 0.355 e. The highest BCUT2D eigenvalue weighted by atomic mass is 16.2. The van der Waals surface area contributed by atoms with E-state index in [2.05, 4.69) is 29.6 Å². The van der Waals surface area contributed by atoms with E-state index in [1.54, 1.807) is 4.90 Å². The fourth-order valence-corrected chi connectivity index (χ4v) is 3.44. The van der Waals surface area contributed by atoms with Crippen LogP contribution in [0.5, 0.6) is 0 Å². The number of nitrogens with zero attached hydrogens (tertiary/aromatic N) is 1. The Balaban J connectivity index is 2.23. The third kappa shape index (κ3) is 5.95. The van der Waals surface area contributed by atoms with Gasteiger partial charge in [-0.25, -0.2) is 0 Å². The van der Waals surface area contributed by atoms with E-state index < -0.39 is 6.04 Å². The molecule has 0 heterocycles. The summed E-state index contributed by atoms with van der Waals surface area (Å²) in [6, 6.07) is 15.8. The Morgan fingerprint density at radius 2 is 1.75 bits per heavy atom. The van der Waals surface area contributed by atoms with E-state index in [1.807, 2.05) is 52.0 Å². The molecule has 2 aromatic rings. The van der Waals surface area contributed by atoms with Crippen molar-refractivity contribution in [3.63, 3.8) is 0 Å². The summed E-state index contributed by atoms with van der Waals surface area (Å²) in [5.41, 5.74) is 4.44. The van der Waals surface area contributed by atoms with Crippen LogP contribution in [0.15, 0.2) is 48.5 Å². The molecular formula is C24H32N2O2.